The normalized spacial score (nSPS) is 10.9. The van der Waals surface area contributed by atoms with E-state index in [2.05, 4.69) is 20.9 Å². The molecule has 0 radical (unpaired) electrons. The van der Waals surface area contributed by atoms with Crippen LogP contribution in [0.4, 0.5) is 5.69 Å². The molecule has 1 aromatic carbocycles. The van der Waals surface area contributed by atoms with Crippen LogP contribution in [0.3, 0.4) is 0 Å². The summed E-state index contributed by atoms with van der Waals surface area (Å²) >= 11 is 9.54. The van der Waals surface area contributed by atoms with Crippen molar-refractivity contribution in [2.75, 3.05) is 5.73 Å². The lowest BCUT2D eigenvalue weighted by atomic mass is 10.1. The average Bonchev–Trinajstić information content (AvgIpc) is 2.17. The Morgan fingerprint density at radius 2 is 2.00 bits per heavy atom. The van der Waals surface area contributed by atoms with Gasteiger partial charge in [0.05, 0.1) is 26.4 Å². The van der Waals surface area contributed by atoms with Crippen molar-refractivity contribution < 1.29 is 0 Å². The van der Waals surface area contributed by atoms with Crippen molar-refractivity contribution in [3.8, 4) is 0 Å². The van der Waals surface area contributed by atoms with Gasteiger partial charge in [0.1, 0.15) is 0 Å². The molecule has 0 bridgehead atoms. The average molecular weight is 286 g/mol. The summed E-state index contributed by atoms with van der Waals surface area (Å²) in [6, 6.07) is 3.89. The molecule has 1 heterocycles. The van der Waals surface area contributed by atoms with Gasteiger partial charge in [0.2, 0.25) is 0 Å². The molecule has 0 unspecified atom stereocenters. The Bertz CT molecular complexity index is 552. The third-order valence-corrected chi connectivity index (χ3v) is 3.62. The molecule has 0 saturated carbocycles. The highest BCUT2D eigenvalue weighted by Crippen LogP contribution is 2.33. The summed E-state index contributed by atoms with van der Waals surface area (Å²) in [5.74, 6) is 0. The van der Waals surface area contributed by atoms with E-state index in [4.69, 9.17) is 17.3 Å². The maximum Gasteiger partial charge on any atom is 0.0913 e. The standard InChI is InChI=1S/C11H10BrClN2/c1-5-3-7-10(14)9(12)6(2)15-11(7)8(13)4-5/h3-4H,1-2H3,(H2,14,15). The van der Waals surface area contributed by atoms with Crippen LogP contribution in [0.5, 0.6) is 0 Å². The number of anilines is 1. The van der Waals surface area contributed by atoms with Gasteiger partial charge in [-0.2, -0.15) is 0 Å². The molecular formula is C11H10BrClN2. The molecule has 2 rings (SSSR count). The highest BCUT2D eigenvalue weighted by molar-refractivity contribution is 9.10. The minimum Gasteiger partial charge on any atom is -0.397 e. The number of aromatic nitrogens is 1. The molecule has 0 aliphatic rings. The van der Waals surface area contributed by atoms with E-state index in [1.54, 1.807) is 0 Å². The number of aryl methyl sites for hydroxylation is 2. The van der Waals surface area contributed by atoms with Crippen molar-refractivity contribution in [2.24, 2.45) is 0 Å². The first-order chi connectivity index (χ1) is 7.00. The summed E-state index contributed by atoms with van der Waals surface area (Å²) in [6.07, 6.45) is 0. The molecule has 15 heavy (non-hydrogen) atoms. The Labute approximate surface area is 102 Å². The fraction of sp³-hybridized carbons (Fsp3) is 0.182. The molecule has 0 aliphatic heterocycles. The molecule has 2 N–H and O–H groups in total. The number of halogens is 2. The van der Waals surface area contributed by atoms with Crippen molar-refractivity contribution in [3.63, 3.8) is 0 Å². The number of nitrogen functional groups attached to an aromatic ring is 1. The summed E-state index contributed by atoms with van der Waals surface area (Å²) in [5, 5.41) is 1.55. The molecule has 0 fully saturated rings. The summed E-state index contributed by atoms with van der Waals surface area (Å²) in [4.78, 5) is 4.42. The van der Waals surface area contributed by atoms with Gasteiger partial charge in [-0.25, -0.2) is 0 Å². The number of nitrogens with zero attached hydrogens (tertiary/aromatic N) is 1. The summed E-state index contributed by atoms with van der Waals surface area (Å²) in [6.45, 7) is 3.88. The Balaban J connectivity index is 2.98. The summed E-state index contributed by atoms with van der Waals surface area (Å²) in [7, 11) is 0. The number of hydrogen-bond acceptors (Lipinski definition) is 2. The first kappa shape index (κ1) is 10.7. The molecule has 0 spiro atoms. The molecular weight excluding hydrogens is 275 g/mol. The van der Waals surface area contributed by atoms with E-state index in [0.717, 1.165) is 26.6 Å². The lowest BCUT2D eigenvalue weighted by molar-refractivity contribution is 1.23. The molecule has 2 nitrogen and oxygen atoms in total. The van der Waals surface area contributed by atoms with E-state index in [9.17, 15) is 0 Å². The predicted molar refractivity (Wildman–Crippen MR) is 68.3 cm³/mol. The van der Waals surface area contributed by atoms with Crippen LogP contribution in [0, 0.1) is 13.8 Å². The Morgan fingerprint density at radius 1 is 1.33 bits per heavy atom. The van der Waals surface area contributed by atoms with Crippen molar-refractivity contribution in [1.82, 2.24) is 4.98 Å². The van der Waals surface area contributed by atoms with E-state index >= 15 is 0 Å². The van der Waals surface area contributed by atoms with Crippen molar-refractivity contribution in [2.45, 2.75) is 13.8 Å². The molecule has 0 atom stereocenters. The second-order valence-corrected chi connectivity index (χ2v) is 4.77. The van der Waals surface area contributed by atoms with Crippen molar-refractivity contribution in [3.05, 3.63) is 32.9 Å². The number of rotatable bonds is 0. The van der Waals surface area contributed by atoms with Crippen LogP contribution in [-0.4, -0.2) is 4.98 Å². The fourth-order valence-corrected chi connectivity index (χ4v) is 2.20. The predicted octanol–water partition coefficient (Wildman–Crippen LogP) is 3.85. The second kappa shape index (κ2) is 3.65. The van der Waals surface area contributed by atoms with Gasteiger partial charge in [0.15, 0.2) is 0 Å². The zero-order chi connectivity index (χ0) is 11.2. The first-order valence-corrected chi connectivity index (χ1v) is 5.69. The zero-order valence-corrected chi connectivity index (χ0v) is 10.8. The molecule has 0 amide bonds. The second-order valence-electron chi connectivity index (χ2n) is 3.57. The van der Waals surface area contributed by atoms with Crippen LogP contribution in [0.25, 0.3) is 10.9 Å². The monoisotopic (exact) mass is 284 g/mol. The number of nitrogens with two attached hydrogens (primary N) is 1. The minimum absolute atomic E-state index is 0.646. The van der Waals surface area contributed by atoms with Gasteiger partial charge in [0, 0.05) is 5.39 Å². The topological polar surface area (TPSA) is 38.9 Å². The molecule has 4 heteroatoms. The number of pyridine rings is 1. The highest BCUT2D eigenvalue weighted by atomic mass is 79.9. The van der Waals surface area contributed by atoms with Crippen LogP contribution in [-0.2, 0) is 0 Å². The first-order valence-electron chi connectivity index (χ1n) is 4.52. The van der Waals surface area contributed by atoms with E-state index in [1.807, 2.05) is 26.0 Å². The van der Waals surface area contributed by atoms with Gasteiger partial charge >= 0.3 is 0 Å². The highest BCUT2D eigenvalue weighted by Gasteiger charge is 2.10. The quantitative estimate of drug-likeness (QED) is 0.798. The van der Waals surface area contributed by atoms with Gasteiger partial charge in [-0.3, -0.25) is 4.98 Å². The number of fused-ring (bicyclic) bond motifs is 1. The maximum absolute atomic E-state index is 6.13. The molecule has 2 aromatic rings. The van der Waals surface area contributed by atoms with E-state index in [0.29, 0.717) is 10.7 Å². The van der Waals surface area contributed by atoms with Crippen molar-refractivity contribution in [1.29, 1.82) is 0 Å². The van der Waals surface area contributed by atoms with Gasteiger partial charge < -0.3 is 5.73 Å². The molecule has 1 aromatic heterocycles. The fourth-order valence-electron chi connectivity index (χ4n) is 1.58. The number of hydrogen-bond donors (Lipinski definition) is 1. The van der Waals surface area contributed by atoms with Crippen LogP contribution in [0.1, 0.15) is 11.3 Å². The van der Waals surface area contributed by atoms with E-state index in [-0.39, 0.29) is 0 Å². The third kappa shape index (κ3) is 1.70. The van der Waals surface area contributed by atoms with Gasteiger partial charge in [-0.05, 0) is 47.5 Å². The Morgan fingerprint density at radius 3 is 2.67 bits per heavy atom. The molecule has 78 valence electrons. The van der Waals surface area contributed by atoms with Crippen LogP contribution in [0.15, 0.2) is 16.6 Å². The van der Waals surface area contributed by atoms with Crippen LogP contribution >= 0.6 is 27.5 Å². The lowest BCUT2D eigenvalue weighted by Crippen LogP contribution is -1.96. The molecule has 0 aliphatic carbocycles. The smallest absolute Gasteiger partial charge is 0.0913 e. The Kier molecular flexibility index (Phi) is 2.61. The SMILES string of the molecule is Cc1cc(Cl)c2nc(C)c(Br)c(N)c2c1. The van der Waals surface area contributed by atoms with E-state index < -0.39 is 0 Å². The van der Waals surface area contributed by atoms with Gasteiger partial charge in [-0.1, -0.05) is 11.6 Å². The third-order valence-electron chi connectivity index (χ3n) is 2.33. The zero-order valence-electron chi connectivity index (χ0n) is 8.44. The van der Waals surface area contributed by atoms with Crippen LogP contribution < -0.4 is 5.73 Å². The summed E-state index contributed by atoms with van der Waals surface area (Å²) < 4.78 is 0.844. The van der Waals surface area contributed by atoms with Gasteiger partial charge in [-0.15, -0.1) is 0 Å². The van der Waals surface area contributed by atoms with E-state index in [1.165, 1.54) is 0 Å². The van der Waals surface area contributed by atoms with Crippen molar-refractivity contribution >= 4 is 44.1 Å². The van der Waals surface area contributed by atoms with Crippen LogP contribution in [0.2, 0.25) is 5.02 Å². The summed E-state index contributed by atoms with van der Waals surface area (Å²) in [5.41, 5.74) is 9.41. The number of benzene rings is 1. The minimum atomic E-state index is 0.646. The maximum atomic E-state index is 6.13. The lowest BCUT2D eigenvalue weighted by Gasteiger charge is -2.09. The Hall–Kier alpha value is -0.800. The van der Waals surface area contributed by atoms with Gasteiger partial charge in [0.25, 0.3) is 0 Å². The molecule has 0 saturated heterocycles. The largest absolute Gasteiger partial charge is 0.397 e.